The first-order chi connectivity index (χ1) is 13.5. The number of hydrogen-bond donors (Lipinski definition) is 0. The van der Waals surface area contributed by atoms with Gasteiger partial charge >= 0.3 is 0 Å². The van der Waals surface area contributed by atoms with Gasteiger partial charge < -0.3 is 9.42 Å². The first-order valence-corrected chi connectivity index (χ1v) is 10.6. The van der Waals surface area contributed by atoms with Gasteiger partial charge in [0.05, 0.1) is 10.3 Å². The van der Waals surface area contributed by atoms with Crippen molar-refractivity contribution in [2.75, 3.05) is 20.1 Å². The molecule has 2 aromatic carbocycles. The fourth-order valence-electron chi connectivity index (χ4n) is 3.41. The zero-order valence-electron chi connectivity index (χ0n) is 15.5. The van der Waals surface area contributed by atoms with Gasteiger partial charge in [-0.05, 0) is 36.6 Å². The van der Waals surface area contributed by atoms with Crippen LogP contribution < -0.4 is 0 Å². The summed E-state index contributed by atoms with van der Waals surface area (Å²) in [6, 6.07) is 13.9. The fourth-order valence-corrected chi connectivity index (χ4v) is 4.59. The van der Waals surface area contributed by atoms with Gasteiger partial charge in [-0.2, -0.15) is 4.31 Å². The molecule has 4 rings (SSSR count). The van der Waals surface area contributed by atoms with Gasteiger partial charge in [0.1, 0.15) is 0 Å². The molecule has 0 aliphatic carbocycles. The third-order valence-corrected chi connectivity index (χ3v) is 6.79. The molecule has 0 radical (unpaired) electrons. The Balaban J connectivity index is 1.66. The van der Waals surface area contributed by atoms with Gasteiger partial charge in [0, 0.05) is 26.7 Å². The van der Waals surface area contributed by atoms with Crippen LogP contribution in [0.1, 0.15) is 28.9 Å². The molecule has 0 unspecified atom stereocenters. The number of nitrogens with zero attached hydrogens (tertiary/aromatic N) is 3. The average molecular weight is 399 g/mol. The van der Waals surface area contributed by atoms with Crippen molar-refractivity contribution in [1.29, 1.82) is 0 Å². The molecular formula is C20H21N3O4S. The molecule has 1 aliphatic rings. The fraction of sp³-hybridized carbons (Fsp3) is 0.300. The van der Waals surface area contributed by atoms with Crippen LogP contribution in [0.15, 0.2) is 57.9 Å². The Morgan fingerprint density at radius 3 is 2.57 bits per heavy atom. The SMILES string of the molecule is CN(Cc1ccccc1)S(=O)(=O)c1ccc2onc(C(=O)N3CCCC3)c2c1. The summed E-state index contributed by atoms with van der Waals surface area (Å²) in [6.45, 7) is 1.63. The number of sulfonamides is 1. The lowest BCUT2D eigenvalue weighted by atomic mass is 10.2. The van der Waals surface area contributed by atoms with E-state index in [2.05, 4.69) is 5.16 Å². The smallest absolute Gasteiger partial charge is 0.276 e. The Labute approximate surface area is 163 Å². The Morgan fingerprint density at radius 2 is 1.86 bits per heavy atom. The number of carbonyl (C=O) groups is 1. The Morgan fingerprint density at radius 1 is 1.14 bits per heavy atom. The minimum Gasteiger partial charge on any atom is -0.355 e. The maximum atomic E-state index is 13.0. The zero-order valence-corrected chi connectivity index (χ0v) is 16.4. The van der Waals surface area contributed by atoms with Gasteiger partial charge in [-0.1, -0.05) is 35.5 Å². The van der Waals surface area contributed by atoms with E-state index >= 15 is 0 Å². The van der Waals surface area contributed by atoms with E-state index in [1.807, 2.05) is 30.3 Å². The number of fused-ring (bicyclic) bond motifs is 1. The van der Waals surface area contributed by atoms with Crippen LogP contribution in [0.2, 0.25) is 0 Å². The summed E-state index contributed by atoms with van der Waals surface area (Å²) in [5, 5.41) is 4.32. The first-order valence-electron chi connectivity index (χ1n) is 9.16. The van der Waals surface area contributed by atoms with E-state index < -0.39 is 10.0 Å². The van der Waals surface area contributed by atoms with Crippen LogP contribution in [0.4, 0.5) is 0 Å². The van der Waals surface area contributed by atoms with Crippen molar-refractivity contribution in [3.8, 4) is 0 Å². The summed E-state index contributed by atoms with van der Waals surface area (Å²) in [4.78, 5) is 14.5. The zero-order chi connectivity index (χ0) is 19.7. The summed E-state index contributed by atoms with van der Waals surface area (Å²) in [5.41, 5.74) is 1.46. The van der Waals surface area contributed by atoms with Gasteiger partial charge in [0.2, 0.25) is 10.0 Å². The van der Waals surface area contributed by atoms with Gasteiger partial charge in [-0.15, -0.1) is 0 Å². The first kappa shape index (κ1) is 18.6. The van der Waals surface area contributed by atoms with Crippen molar-refractivity contribution in [3.05, 3.63) is 59.8 Å². The number of hydrogen-bond acceptors (Lipinski definition) is 5. The normalized spacial score (nSPS) is 14.9. The molecule has 28 heavy (non-hydrogen) atoms. The van der Waals surface area contributed by atoms with Crippen LogP contribution >= 0.6 is 0 Å². The summed E-state index contributed by atoms with van der Waals surface area (Å²) in [6.07, 6.45) is 1.93. The molecule has 2 heterocycles. The molecule has 146 valence electrons. The molecule has 7 nitrogen and oxygen atoms in total. The lowest BCUT2D eigenvalue weighted by Crippen LogP contribution is -2.28. The van der Waals surface area contributed by atoms with Gasteiger partial charge in [-0.3, -0.25) is 4.79 Å². The highest BCUT2D eigenvalue weighted by Crippen LogP contribution is 2.26. The lowest BCUT2D eigenvalue weighted by Gasteiger charge is -2.17. The van der Waals surface area contributed by atoms with Crippen LogP contribution in [0.3, 0.4) is 0 Å². The summed E-state index contributed by atoms with van der Waals surface area (Å²) in [5.74, 6) is -0.219. The highest BCUT2D eigenvalue weighted by molar-refractivity contribution is 7.89. The second-order valence-corrected chi connectivity index (χ2v) is 8.98. The molecular weight excluding hydrogens is 378 g/mol. The van der Waals surface area contributed by atoms with Gasteiger partial charge in [-0.25, -0.2) is 8.42 Å². The van der Waals surface area contributed by atoms with E-state index in [9.17, 15) is 13.2 Å². The number of carbonyl (C=O) groups excluding carboxylic acids is 1. The molecule has 1 aromatic heterocycles. The maximum absolute atomic E-state index is 13.0. The Bertz CT molecular complexity index is 1100. The van der Waals surface area contributed by atoms with Crippen LogP contribution in [-0.4, -0.2) is 48.8 Å². The lowest BCUT2D eigenvalue weighted by molar-refractivity contribution is 0.0784. The standard InChI is InChI=1S/C20H21N3O4S/c1-22(14-15-7-3-2-4-8-15)28(25,26)16-9-10-18-17(13-16)19(21-27-18)20(24)23-11-5-6-12-23/h2-4,7-10,13H,5-6,11-12,14H2,1H3. The van der Waals surface area contributed by atoms with E-state index in [4.69, 9.17) is 4.52 Å². The number of likely N-dealkylation sites (tertiary alicyclic amines) is 1. The molecule has 1 aliphatic heterocycles. The minimum atomic E-state index is -3.73. The predicted octanol–water partition coefficient (Wildman–Crippen LogP) is 2.88. The summed E-state index contributed by atoms with van der Waals surface area (Å²) in [7, 11) is -2.19. The molecule has 0 saturated carbocycles. The van der Waals surface area contributed by atoms with Crippen LogP contribution in [-0.2, 0) is 16.6 Å². The van der Waals surface area contributed by atoms with Crippen LogP contribution in [0.5, 0.6) is 0 Å². The van der Waals surface area contributed by atoms with Crippen LogP contribution in [0.25, 0.3) is 11.0 Å². The molecule has 3 aromatic rings. The monoisotopic (exact) mass is 399 g/mol. The second-order valence-electron chi connectivity index (χ2n) is 6.94. The van der Waals surface area contributed by atoms with Crippen molar-refractivity contribution in [1.82, 2.24) is 14.4 Å². The molecule has 1 fully saturated rings. The maximum Gasteiger partial charge on any atom is 0.276 e. The predicted molar refractivity (Wildman–Crippen MR) is 104 cm³/mol. The highest BCUT2D eigenvalue weighted by atomic mass is 32.2. The van der Waals surface area contributed by atoms with Crippen molar-refractivity contribution >= 4 is 26.9 Å². The molecule has 0 bridgehead atoms. The van der Waals surface area contributed by atoms with Crippen molar-refractivity contribution in [2.24, 2.45) is 0 Å². The quantitative estimate of drug-likeness (QED) is 0.659. The molecule has 8 heteroatoms. The van der Waals surface area contributed by atoms with E-state index in [0.29, 0.717) is 24.1 Å². The average Bonchev–Trinajstić information content (AvgIpc) is 3.38. The second kappa shape index (κ2) is 7.37. The van der Waals surface area contributed by atoms with E-state index in [1.54, 1.807) is 11.0 Å². The van der Waals surface area contributed by atoms with E-state index in [0.717, 1.165) is 18.4 Å². The van der Waals surface area contributed by atoms with Gasteiger partial charge in [0.25, 0.3) is 5.91 Å². The number of rotatable bonds is 5. The van der Waals surface area contributed by atoms with E-state index in [1.165, 1.54) is 23.5 Å². The highest BCUT2D eigenvalue weighted by Gasteiger charge is 2.27. The van der Waals surface area contributed by atoms with Crippen LogP contribution in [0, 0.1) is 0 Å². The molecule has 0 N–H and O–H groups in total. The van der Waals surface area contributed by atoms with Crippen molar-refractivity contribution in [2.45, 2.75) is 24.3 Å². The largest absolute Gasteiger partial charge is 0.355 e. The molecule has 0 atom stereocenters. The number of aromatic nitrogens is 1. The molecule has 0 spiro atoms. The van der Waals surface area contributed by atoms with E-state index in [-0.39, 0.29) is 23.0 Å². The van der Waals surface area contributed by atoms with Gasteiger partial charge in [0.15, 0.2) is 11.3 Å². The summed E-state index contributed by atoms with van der Waals surface area (Å²) < 4.78 is 32.6. The topological polar surface area (TPSA) is 83.7 Å². The van der Waals surface area contributed by atoms with Crippen molar-refractivity contribution in [3.63, 3.8) is 0 Å². The summed E-state index contributed by atoms with van der Waals surface area (Å²) >= 11 is 0. The molecule has 1 amide bonds. The number of amides is 1. The Kier molecular flexibility index (Phi) is 4.91. The third kappa shape index (κ3) is 3.41. The number of benzene rings is 2. The van der Waals surface area contributed by atoms with Crippen molar-refractivity contribution < 1.29 is 17.7 Å². The molecule has 1 saturated heterocycles. The minimum absolute atomic E-state index is 0.108. The third-order valence-electron chi connectivity index (χ3n) is 4.99. The Hall–Kier alpha value is -2.71.